The minimum absolute atomic E-state index is 0.220. The van der Waals surface area contributed by atoms with Gasteiger partial charge in [0.15, 0.2) is 23.8 Å². The summed E-state index contributed by atoms with van der Waals surface area (Å²) in [6.45, 7) is 3.43. The molecular formula is C29H51NO9. The van der Waals surface area contributed by atoms with Gasteiger partial charge in [0.2, 0.25) is 5.91 Å². The molecule has 2 heterocycles. The van der Waals surface area contributed by atoms with Crippen molar-refractivity contribution >= 4 is 17.5 Å². The number of carbonyl (C=O) groups excluding carboxylic acids is 3. The van der Waals surface area contributed by atoms with Gasteiger partial charge < -0.3 is 34.8 Å². The number of likely N-dealkylation sites (N-methyl/N-ethyl adjacent to an activating group) is 1. The van der Waals surface area contributed by atoms with Gasteiger partial charge in [0.05, 0.1) is 12.6 Å². The quantitative estimate of drug-likeness (QED) is 0.138. The molecule has 8 atom stereocenters. The number of aliphatic hydroxyl groups is 4. The summed E-state index contributed by atoms with van der Waals surface area (Å²) in [5.74, 6) is -2.20. The van der Waals surface area contributed by atoms with E-state index in [9.17, 15) is 34.8 Å². The van der Waals surface area contributed by atoms with Crippen LogP contribution in [0.4, 0.5) is 0 Å². The maximum atomic E-state index is 12.6. The molecule has 226 valence electrons. The lowest BCUT2D eigenvalue weighted by molar-refractivity contribution is -0.301. The Morgan fingerprint density at radius 2 is 1.38 bits per heavy atom. The van der Waals surface area contributed by atoms with E-state index in [0.29, 0.717) is 6.61 Å². The summed E-state index contributed by atoms with van der Waals surface area (Å²) in [5.41, 5.74) is 0. The highest BCUT2D eigenvalue weighted by Crippen LogP contribution is 2.25. The van der Waals surface area contributed by atoms with Gasteiger partial charge in [0, 0.05) is 19.6 Å². The van der Waals surface area contributed by atoms with Crippen molar-refractivity contribution in [2.75, 3.05) is 20.3 Å². The molecule has 2 rings (SSSR count). The number of unbranched alkanes of at least 4 members (excludes halogenated alkanes) is 11. The van der Waals surface area contributed by atoms with E-state index in [-0.39, 0.29) is 23.4 Å². The number of likely N-dealkylation sites (tertiary alicyclic amines) is 1. The second kappa shape index (κ2) is 17.4. The summed E-state index contributed by atoms with van der Waals surface area (Å²) in [7, 11) is 1.58. The second-order valence-electron chi connectivity index (χ2n) is 11.4. The van der Waals surface area contributed by atoms with Crippen molar-refractivity contribution in [2.24, 2.45) is 11.8 Å². The molecule has 0 radical (unpaired) electrons. The van der Waals surface area contributed by atoms with Gasteiger partial charge in [0.25, 0.3) is 0 Å². The first-order valence-electron chi connectivity index (χ1n) is 14.9. The predicted octanol–water partition coefficient (Wildman–Crippen LogP) is 2.13. The van der Waals surface area contributed by atoms with E-state index in [1.807, 2.05) is 6.92 Å². The Bertz CT molecular complexity index is 741. The normalized spacial score (nSPS) is 30.2. The third kappa shape index (κ3) is 9.86. The van der Waals surface area contributed by atoms with E-state index >= 15 is 0 Å². The number of ether oxygens (including phenoxy) is 2. The summed E-state index contributed by atoms with van der Waals surface area (Å²) < 4.78 is 10.8. The Kier molecular flexibility index (Phi) is 15.1. The predicted molar refractivity (Wildman–Crippen MR) is 145 cm³/mol. The summed E-state index contributed by atoms with van der Waals surface area (Å²) >= 11 is 0. The zero-order valence-electron chi connectivity index (χ0n) is 24.0. The minimum Gasteiger partial charge on any atom is -0.394 e. The fourth-order valence-electron chi connectivity index (χ4n) is 5.36. The number of hydrogen-bond acceptors (Lipinski definition) is 9. The van der Waals surface area contributed by atoms with Crippen LogP contribution in [-0.2, 0) is 23.9 Å². The van der Waals surface area contributed by atoms with Gasteiger partial charge in [-0.1, -0.05) is 77.6 Å². The molecule has 0 aromatic carbocycles. The van der Waals surface area contributed by atoms with E-state index < -0.39 is 49.3 Å². The lowest BCUT2D eigenvalue weighted by atomic mass is 9.87. The number of hydrogen-bond donors (Lipinski definition) is 4. The topological polar surface area (TPSA) is 154 Å². The maximum Gasteiger partial charge on any atom is 0.241 e. The first kappa shape index (κ1) is 33.8. The first-order valence-corrected chi connectivity index (χ1v) is 14.9. The summed E-state index contributed by atoms with van der Waals surface area (Å²) in [6.07, 6.45) is 7.81. The molecule has 0 aromatic rings. The van der Waals surface area contributed by atoms with Crippen molar-refractivity contribution in [1.29, 1.82) is 0 Å². The Hall–Kier alpha value is -1.43. The maximum absolute atomic E-state index is 12.6. The van der Waals surface area contributed by atoms with Crippen LogP contribution in [0.15, 0.2) is 0 Å². The third-order valence-electron chi connectivity index (χ3n) is 8.30. The van der Waals surface area contributed by atoms with Crippen molar-refractivity contribution in [1.82, 2.24) is 4.90 Å². The van der Waals surface area contributed by atoms with Crippen LogP contribution >= 0.6 is 0 Å². The van der Waals surface area contributed by atoms with Gasteiger partial charge in [-0.3, -0.25) is 14.4 Å². The number of amides is 1. The summed E-state index contributed by atoms with van der Waals surface area (Å²) in [6, 6.07) is -0.508. The van der Waals surface area contributed by atoms with Crippen molar-refractivity contribution in [3.05, 3.63) is 0 Å². The van der Waals surface area contributed by atoms with Gasteiger partial charge in [0.1, 0.15) is 24.4 Å². The first-order chi connectivity index (χ1) is 18.6. The monoisotopic (exact) mass is 557 g/mol. The van der Waals surface area contributed by atoms with Crippen LogP contribution in [0.5, 0.6) is 0 Å². The second-order valence-corrected chi connectivity index (χ2v) is 11.4. The average Bonchev–Trinajstić information content (AvgIpc) is 3.12. The zero-order chi connectivity index (χ0) is 28.9. The number of nitrogens with zero attached hydrogens (tertiary/aromatic N) is 1. The van der Waals surface area contributed by atoms with Crippen LogP contribution in [0.2, 0.25) is 0 Å². The zero-order valence-corrected chi connectivity index (χ0v) is 24.0. The molecule has 2 aliphatic rings. The molecule has 2 saturated heterocycles. The minimum atomic E-state index is -1.41. The van der Waals surface area contributed by atoms with Crippen molar-refractivity contribution in [2.45, 2.75) is 134 Å². The van der Waals surface area contributed by atoms with E-state index in [4.69, 9.17) is 9.47 Å². The fourth-order valence-corrected chi connectivity index (χ4v) is 5.36. The number of rotatable bonds is 19. The molecular weight excluding hydrogens is 506 g/mol. The third-order valence-corrected chi connectivity index (χ3v) is 8.30. The van der Waals surface area contributed by atoms with Gasteiger partial charge in [-0.2, -0.15) is 0 Å². The molecule has 0 spiro atoms. The van der Waals surface area contributed by atoms with Gasteiger partial charge in [-0.05, 0) is 19.8 Å². The van der Waals surface area contributed by atoms with Crippen molar-refractivity contribution < 1.29 is 44.3 Å². The number of aliphatic hydroxyl groups excluding tert-OH is 4. The molecule has 1 amide bonds. The smallest absolute Gasteiger partial charge is 0.241 e. The average molecular weight is 558 g/mol. The van der Waals surface area contributed by atoms with Gasteiger partial charge in [-0.15, -0.1) is 0 Å². The highest BCUT2D eigenvalue weighted by atomic mass is 16.7. The molecule has 10 nitrogen and oxygen atoms in total. The van der Waals surface area contributed by atoms with Crippen molar-refractivity contribution in [3.8, 4) is 0 Å². The number of carbonyl (C=O) groups is 3. The van der Waals surface area contributed by atoms with Gasteiger partial charge in [-0.25, -0.2) is 0 Å². The molecule has 39 heavy (non-hydrogen) atoms. The van der Waals surface area contributed by atoms with Crippen LogP contribution < -0.4 is 0 Å². The Morgan fingerprint density at radius 3 is 1.87 bits per heavy atom. The molecule has 4 N–H and O–H groups in total. The summed E-state index contributed by atoms with van der Waals surface area (Å²) in [4.78, 5) is 38.5. The lowest BCUT2D eigenvalue weighted by Crippen LogP contribution is -2.59. The number of ketones is 2. The summed E-state index contributed by atoms with van der Waals surface area (Å²) in [5, 5.41) is 38.7. The fraction of sp³-hybridized carbons (Fsp3) is 0.897. The largest absolute Gasteiger partial charge is 0.394 e. The van der Waals surface area contributed by atoms with E-state index in [0.717, 1.165) is 51.4 Å². The molecule has 0 aromatic heterocycles. The highest BCUT2D eigenvalue weighted by Gasteiger charge is 2.48. The standard InChI is InChI=1S/C29H51NO9/c1-19(23(32)22-24(33)20(2)30(3)28(22)37)16-14-12-10-8-6-4-5-7-9-11-13-15-17-38-29-27(36)26(35)25(34)21(18-31)39-29/h19-22,25-27,29,31,34-36H,4-18H2,1-3H3/t19?,20?,21-,22?,25-,26+,27+,29-/m1/s1. The van der Waals surface area contributed by atoms with Crippen LogP contribution in [0.1, 0.15) is 97.3 Å². The SMILES string of the molecule is CC(CCCCCCCCCCCCCCO[C@@H]1O[C@H](CO)[C@@H](O)[C@H](O)[C@@H]1O)C(=O)C1C(=O)C(C)N(C)C1=O. The molecule has 2 aliphatic heterocycles. The van der Waals surface area contributed by atoms with Crippen molar-refractivity contribution in [3.63, 3.8) is 0 Å². The highest BCUT2D eigenvalue weighted by molar-refractivity contribution is 6.24. The molecule has 0 saturated carbocycles. The van der Waals surface area contributed by atoms with Crippen LogP contribution in [0.3, 0.4) is 0 Å². The molecule has 10 heteroatoms. The molecule has 0 aliphatic carbocycles. The van der Waals surface area contributed by atoms with Crippen LogP contribution in [-0.4, -0.2) is 99.8 Å². The Morgan fingerprint density at radius 1 is 0.872 bits per heavy atom. The molecule has 2 fully saturated rings. The number of Topliss-reactive ketones (excluding diaryl/α,β-unsaturated/α-hetero) is 2. The van der Waals surface area contributed by atoms with Crippen LogP contribution in [0.25, 0.3) is 0 Å². The van der Waals surface area contributed by atoms with E-state index in [2.05, 4.69) is 0 Å². The lowest BCUT2D eigenvalue weighted by Gasteiger charge is -2.39. The Balaban J connectivity index is 1.39. The van der Waals surface area contributed by atoms with Gasteiger partial charge >= 0.3 is 0 Å². The molecule has 3 unspecified atom stereocenters. The Labute approximate surface area is 233 Å². The van der Waals surface area contributed by atoms with E-state index in [1.54, 1.807) is 14.0 Å². The molecule has 0 bridgehead atoms. The van der Waals surface area contributed by atoms with E-state index in [1.165, 1.54) is 37.0 Å². The van der Waals surface area contributed by atoms with Crippen LogP contribution in [0, 0.1) is 11.8 Å².